The zero-order valence-electron chi connectivity index (χ0n) is 9.19. The van der Waals surface area contributed by atoms with Crippen LogP contribution in [0.3, 0.4) is 0 Å². The minimum Gasteiger partial charge on any atom is -0.504 e. The lowest BCUT2D eigenvalue weighted by molar-refractivity contribution is 0.331. The molecule has 4 heteroatoms. The lowest BCUT2D eigenvalue weighted by atomic mass is 9.81. The van der Waals surface area contributed by atoms with Gasteiger partial charge in [0.25, 0.3) is 0 Å². The summed E-state index contributed by atoms with van der Waals surface area (Å²) in [5.41, 5.74) is 6.81. The molecular weight excluding hydrogens is 204 g/mol. The second kappa shape index (κ2) is 4.72. The predicted molar refractivity (Wildman–Crippen MR) is 62.5 cm³/mol. The van der Waals surface area contributed by atoms with Crippen LogP contribution >= 0.6 is 0 Å². The summed E-state index contributed by atoms with van der Waals surface area (Å²) in [6.45, 7) is 2.53. The highest BCUT2D eigenvalue weighted by Gasteiger charge is 2.25. The molecular formula is C12H18N2O2. The first-order chi connectivity index (χ1) is 7.72. The molecule has 88 valence electrons. The number of benzene rings is 1. The van der Waals surface area contributed by atoms with Crippen molar-refractivity contribution in [3.05, 3.63) is 23.8 Å². The Labute approximate surface area is 95.1 Å². The van der Waals surface area contributed by atoms with Crippen molar-refractivity contribution in [2.45, 2.75) is 12.3 Å². The van der Waals surface area contributed by atoms with Crippen LogP contribution in [-0.4, -0.2) is 29.8 Å². The topological polar surface area (TPSA) is 78.5 Å². The van der Waals surface area contributed by atoms with Gasteiger partial charge in [0.15, 0.2) is 11.5 Å². The Hall–Kier alpha value is -1.26. The summed E-state index contributed by atoms with van der Waals surface area (Å²) >= 11 is 0. The quantitative estimate of drug-likeness (QED) is 0.557. The molecule has 1 aliphatic rings. The highest BCUT2D eigenvalue weighted by atomic mass is 16.3. The number of rotatable bonds is 2. The zero-order chi connectivity index (χ0) is 11.5. The maximum absolute atomic E-state index is 9.49. The summed E-state index contributed by atoms with van der Waals surface area (Å²) in [5.74, 6) is 0.657. The molecule has 1 saturated heterocycles. The van der Waals surface area contributed by atoms with Gasteiger partial charge in [-0.05, 0) is 55.6 Å². The molecule has 0 radical (unpaired) electrons. The van der Waals surface area contributed by atoms with E-state index in [1.54, 1.807) is 12.1 Å². The van der Waals surface area contributed by atoms with Crippen LogP contribution in [0.25, 0.3) is 0 Å². The van der Waals surface area contributed by atoms with Gasteiger partial charge in [-0.1, -0.05) is 6.07 Å². The van der Waals surface area contributed by atoms with E-state index in [-0.39, 0.29) is 11.5 Å². The first-order valence-corrected chi connectivity index (χ1v) is 5.65. The summed E-state index contributed by atoms with van der Waals surface area (Å²) in [4.78, 5) is 0. The molecule has 1 aromatic rings. The average Bonchev–Trinajstić information content (AvgIpc) is 2.32. The molecule has 0 aromatic heterocycles. The molecule has 0 bridgehead atoms. The molecule has 1 aliphatic heterocycles. The first kappa shape index (κ1) is 11.2. The number of hydrogen-bond donors (Lipinski definition) is 4. The first-order valence-electron chi connectivity index (χ1n) is 5.65. The van der Waals surface area contributed by atoms with Crippen molar-refractivity contribution in [1.29, 1.82) is 0 Å². The Morgan fingerprint density at radius 3 is 2.81 bits per heavy atom. The van der Waals surface area contributed by atoms with Crippen LogP contribution in [-0.2, 0) is 0 Å². The van der Waals surface area contributed by atoms with Crippen LogP contribution in [0.1, 0.15) is 17.9 Å². The zero-order valence-corrected chi connectivity index (χ0v) is 9.19. The van der Waals surface area contributed by atoms with Crippen molar-refractivity contribution in [3.8, 4) is 11.5 Å². The third-order valence-electron chi connectivity index (χ3n) is 3.34. The van der Waals surface area contributed by atoms with E-state index in [4.69, 9.17) is 5.73 Å². The maximum atomic E-state index is 9.49. The third kappa shape index (κ3) is 2.13. The SMILES string of the molecule is NCC1CNCCC1c1ccc(O)c(O)c1. The number of piperidine rings is 1. The number of nitrogens with one attached hydrogen (secondary N) is 1. The van der Waals surface area contributed by atoms with Gasteiger partial charge < -0.3 is 21.3 Å². The Balaban J connectivity index is 2.23. The van der Waals surface area contributed by atoms with Gasteiger partial charge in [0, 0.05) is 0 Å². The number of hydrogen-bond acceptors (Lipinski definition) is 4. The van der Waals surface area contributed by atoms with E-state index in [0.29, 0.717) is 18.4 Å². The van der Waals surface area contributed by atoms with Gasteiger partial charge in [-0.15, -0.1) is 0 Å². The molecule has 0 aliphatic carbocycles. The van der Waals surface area contributed by atoms with E-state index in [1.165, 1.54) is 0 Å². The molecule has 1 heterocycles. The van der Waals surface area contributed by atoms with E-state index < -0.39 is 0 Å². The number of nitrogens with two attached hydrogens (primary N) is 1. The standard InChI is InChI=1S/C12H18N2O2/c13-6-9-7-14-4-3-10(9)8-1-2-11(15)12(16)5-8/h1-2,5,9-10,14-16H,3-4,6-7,13H2. The number of phenolic OH excluding ortho intramolecular Hbond substituents is 2. The van der Waals surface area contributed by atoms with Crippen LogP contribution in [0.5, 0.6) is 11.5 Å². The van der Waals surface area contributed by atoms with E-state index in [0.717, 1.165) is 25.1 Å². The van der Waals surface area contributed by atoms with Crippen molar-refractivity contribution in [2.24, 2.45) is 11.7 Å². The summed E-state index contributed by atoms with van der Waals surface area (Å²) in [6, 6.07) is 5.06. The molecule has 16 heavy (non-hydrogen) atoms. The largest absolute Gasteiger partial charge is 0.504 e. The number of phenols is 2. The molecule has 2 atom stereocenters. The van der Waals surface area contributed by atoms with Crippen molar-refractivity contribution < 1.29 is 10.2 Å². The molecule has 1 fully saturated rings. The van der Waals surface area contributed by atoms with Gasteiger partial charge in [-0.2, -0.15) is 0 Å². The van der Waals surface area contributed by atoms with Gasteiger partial charge in [-0.3, -0.25) is 0 Å². The summed E-state index contributed by atoms with van der Waals surface area (Å²) in [6.07, 6.45) is 1.02. The fraction of sp³-hybridized carbons (Fsp3) is 0.500. The van der Waals surface area contributed by atoms with Crippen LogP contribution in [0, 0.1) is 5.92 Å². The smallest absolute Gasteiger partial charge is 0.157 e. The van der Waals surface area contributed by atoms with Crippen LogP contribution in [0.4, 0.5) is 0 Å². The molecule has 4 nitrogen and oxygen atoms in total. The minimum absolute atomic E-state index is 0.0493. The summed E-state index contributed by atoms with van der Waals surface area (Å²) in [5, 5.41) is 22.1. The molecule has 2 rings (SSSR count). The average molecular weight is 222 g/mol. The van der Waals surface area contributed by atoms with Crippen molar-refractivity contribution >= 4 is 0 Å². The second-order valence-corrected chi connectivity index (χ2v) is 4.34. The third-order valence-corrected chi connectivity index (χ3v) is 3.34. The van der Waals surface area contributed by atoms with Crippen molar-refractivity contribution in [3.63, 3.8) is 0 Å². The lowest BCUT2D eigenvalue weighted by Gasteiger charge is -2.31. The van der Waals surface area contributed by atoms with Crippen molar-refractivity contribution in [2.75, 3.05) is 19.6 Å². The van der Waals surface area contributed by atoms with Gasteiger partial charge in [-0.25, -0.2) is 0 Å². The summed E-state index contributed by atoms with van der Waals surface area (Å²) in [7, 11) is 0. The molecule has 5 N–H and O–H groups in total. The molecule has 2 unspecified atom stereocenters. The number of aromatic hydroxyl groups is 2. The highest BCUT2D eigenvalue weighted by molar-refractivity contribution is 5.42. The Morgan fingerprint density at radius 2 is 2.12 bits per heavy atom. The van der Waals surface area contributed by atoms with Crippen molar-refractivity contribution in [1.82, 2.24) is 5.32 Å². The van der Waals surface area contributed by atoms with E-state index >= 15 is 0 Å². The summed E-state index contributed by atoms with van der Waals surface area (Å²) < 4.78 is 0. The Morgan fingerprint density at radius 1 is 1.31 bits per heavy atom. The van der Waals surface area contributed by atoms with Gasteiger partial charge in [0.05, 0.1) is 0 Å². The minimum atomic E-state index is -0.0676. The van der Waals surface area contributed by atoms with E-state index in [1.807, 2.05) is 6.07 Å². The Kier molecular flexibility index (Phi) is 3.31. The molecule has 0 spiro atoms. The Bertz CT molecular complexity index is 368. The molecule has 0 amide bonds. The van der Waals surface area contributed by atoms with Crippen LogP contribution < -0.4 is 11.1 Å². The van der Waals surface area contributed by atoms with Gasteiger partial charge in [0.2, 0.25) is 0 Å². The molecule has 0 saturated carbocycles. The van der Waals surface area contributed by atoms with E-state index in [9.17, 15) is 10.2 Å². The molecule has 1 aromatic carbocycles. The predicted octanol–water partition coefficient (Wildman–Crippen LogP) is 0.750. The fourth-order valence-electron chi connectivity index (χ4n) is 2.38. The fourth-order valence-corrected chi connectivity index (χ4v) is 2.38. The van der Waals surface area contributed by atoms with Gasteiger partial charge in [0.1, 0.15) is 0 Å². The second-order valence-electron chi connectivity index (χ2n) is 4.34. The van der Waals surface area contributed by atoms with Crippen LogP contribution in [0.2, 0.25) is 0 Å². The highest BCUT2D eigenvalue weighted by Crippen LogP contribution is 2.34. The normalized spacial score (nSPS) is 25.6. The van der Waals surface area contributed by atoms with Gasteiger partial charge >= 0.3 is 0 Å². The monoisotopic (exact) mass is 222 g/mol. The van der Waals surface area contributed by atoms with E-state index in [2.05, 4.69) is 5.32 Å². The maximum Gasteiger partial charge on any atom is 0.157 e. The van der Waals surface area contributed by atoms with Crippen LogP contribution in [0.15, 0.2) is 18.2 Å². The lowest BCUT2D eigenvalue weighted by Crippen LogP contribution is -2.39.